The summed E-state index contributed by atoms with van der Waals surface area (Å²) in [7, 11) is 0. The van der Waals surface area contributed by atoms with Crippen LogP contribution in [0.3, 0.4) is 0 Å². The van der Waals surface area contributed by atoms with E-state index < -0.39 is 5.97 Å². The number of hydrogen-bond donors (Lipinski definition) is 0. The average molecular weight is 287 g/mol. The van der Waals surface area contributed by atoms with Gasteiger partial charge in [-0.2, -0.15) is 5.10 Å². The topological polar surface area (TPSA) is 74.1 Å². The van der Waals surface area contributed by atoms with Crippen LogP contribution in [0.4, 0.5) is 0 Å². The molecule has 2 aromatic heterocycles. The minimum atomic E-state index is -0.702. The van der Waals surface area contributed by atoms with Crippen molar-refractivity contribution in [2.75, 3.05) is 6.61 Å². The first-order chi connectivity index (χ1) is 10.1. The molecule has 0 aliphatic carbocycles. The summed E-state index contributed by atoms with van der Waals surface area (Å²) in [5.74, 6) is -0.702. The van der Waals surface area contributed by atoms with Gasteiger partial charge in [0, 0.05) is 18.0 Å². The summed E-state index contributed by atoms with van der Waals surface area (Å²) < 4.78 is 6.39. The van der Waals surface area contributed by atoms with Crippen molar-refractivity contribution in [3.63, 3.8) is 0 Å². The Morgan fingerprint density at radius 3 is 2.71 bits per heavy atom. The van der Waals surface area contributed by atoms with Crippen molar-refractivity contribution in [1.29, 1.82) is 0 Å². The Kier molecular flexibility index (Phi) is 4.47. The molecule has 6 nitrogen and oxygen atoms in total. The Hall–Kier alpha value is -2.50. The number of rotatable bonds is 4. The van der Waals surface area contributed by atoms with Crippen molar-refractivity contribution in [2.45, 2.75) is 27.2 Å². The van der Waals surface area contributed by atoms with E-state index in [9.17, 15) is 9.59 Å². The maximum absolute atomic E-state index is 12.2. The molecule has 0 amide bonds. The molecule has 0 N–H and O–H groups in total. The second kappa shape index (κ2) is 6.30. The zero-order valence-corrected chi connectivity index (χ0v) is 12.3. The van der Waals surface area contributed by atoms with Gasteiger partial charge in [-0.3, -0.25) is 9.78 Å². The highest BCUT2D eigenvalue weighted by Crippen LogP contribution is 2.08. The van der Waals surface area contributed by atoms with Gasteiger partial charge in [0.25, 0.3) is 0 Å². The Balaban J connectivity index is 2.60. The lowest BCUT2D eigenvalue weighted by Gasteiger charge is -2.10. The molecule has 2 rings (SSSR count). The molecule has 0 radical (unpaired) electrons. The molecule has 0 fully saturated rings. The predicted octanol–water partition coefficient (Wildman–Crippen LogP) is 1.68. The highest BCUT2D eigenvalue weighted by Gasteiger charge is 2.17. The van der Waals surface area contributed by atoms with Crippen LogP contribution < -0.4 is 5.43 Å². The number of pyridine rings is 1. The van der Waals surface area contributed by atoms with Crippen LogP contribution in [0.2, 0.25) is 0 Å². The van der Waals surface area contributed by atoms with Gasteiger partial charge in [-0.1, -0.05) is 6.92 Å². The van der Waals surface area contributed by atoms with Gasteiger partial charge in [0.1, 0.15) is 0 Å². The number of aromatic nitrogens is 3. The number of carbonyl (C=O) groups is 1. The number of aryl methyl sites for hydroxylation is 2. The van der Waals surface area contributed by atoms with Crippen LogP contribution in [0.1, 0.15) is 35.5 Å². The van der Waals surface area contributed by atoms with Crippen LogP contribution >= 0.6 is 0 Å². The van der Waals surface area contributed by atoms with Crippen LogP contribution in [0, 0.1) is 6.92 Å². The summed E-state index contributed by atoms with van der Waals surface area (Å²) in [4.78, 5) is 28.1. The summed E-state index contributed by atoms with van der Waals surface area (Å²) in [6.07, 6.45) is 5.48. The van der Waals surface area contributed by atoms with Gasteiger partial charge in [0.05, 0.1) is 18.5 Å². The molecule has 0 saturated carbocycles. The zero-order valence-electron chi connectivity index (χ0n) is 12.3. The van der Waals surface area contributed by atoms with E-state index in [-0.39, 0.29) is 17.7 Å². The molecule has 2 aromatic rings. The molecule has 0 bridgehead atoms. The van der Waals surface area contributed by atoms with E-state index in [0.717, 1.165) is 5.56 Å². The van der Waals surface area contributed by atoms with Crippen molar-refractivity contribution in [1.82, 2.24) is 14.8 Å². The summed E-state index contributed by atoms with van der Waals surface area (Å²) in [5, 5.41) is 4.10. The maximum Gasteiger partial charge on any atom is 0.362 e. The summed E-state index contributed by atoms with van der Waals surface area (Å²) in [6, 6.07) is 1.87. The lowest BCUT2D eigenvalue weighted by atomic mass is 10.2. The van der Waals surface area contributed by atoms with Gasteiger partial charge in [0.2, 0.25) is 11.1 Å². The molecule has 0 aliphatic heterocycles. The molecule has 0 aliphatic rings. The SMILES string of the molecule is CCOC(=O)c1nn(-c2cncc(C)c2)cc(CC)c1=O. The maximum atomic E-state index is 12.2. The highest BCUT2D eigenvalue weighted by molar-refractivity contribution is 5.87. The molecule has 0 unspecified atom stereocenters. The molecular formula is C15H17N3O3. The number of esters is 1. The Morgan fingerprint density at radius 2 is 2.10 bits per heavy atom. The smallest absolute Gasteiger partial charge is 0.362 e. The van der Waals surface area contributed by atoms with Crippen LogP contribution in [-0.4, -0.2) is 27.3 Å². The molecule has 21 heavy (non-hydrogen) atoms. The second-order valence-electron chi connectivity index (χ2n) is 4.57. The van der Waals surface area contributed by atoms with Crippen molar-refractivity contribution < 1.29 is 9.53 Å². The highest BCUT2D eigenvalue weighted by atomic mass is 16.5. The Labute approximate surface area is 122 Å². The predicted molar refractivity (Wildman–Crippen MR) is 77.7 cm³/mol. The first-order valence-corrected chi connectivity index (χ1v) is 6.78. The summed E-state index contributed by atoms with van der Waals surface area (Å²) in [5.41, 5.74) is 1.58. The second-order valence-corrected chi connectivity index (χ2v) is 4.57. The lowest BCUT2D eigenvalue weighted by Crippen LogP contribution is -2.26. The van der Waals surface area contributed by atoms with Crippen LogP contribution in [0.15, 0.2) is 29.5 Å². The fraction of sp³-hybridized carbons (Fsp3) is 0.333. The van der Waals surface area contributed by atoms with E-state index in [1.54, 1.807) is 25.5 Å². The van der Waals surface area contributed by atoms with E-state index in [1.807, 2.05) is 19.9 Å². The molecule has 6 heteroatoms. The van der Waals surface area contributed by atoms with E-state index in [0.29, 0.717) is 17.7 Å². The van der Waals surface area contributed by atoms with Gasteiger partial charge < -0.3 is 4.74 Å². The van der Waals surface area contributed by atoms with E-state index >= 15 is 0 Å². The average Bonchev–Trinajstić information content (AvgIpc) is 2.47. The number of nitrogens with zero attached hydrogens (tertiary/aromatic N) is 3. The molecule has 2 heterocycles. The fourth-order valence-corrected chi connectivity index (χ4v) is 1.92. The monoisotopic (exact) mass is 287 g/mol. The van der Waals surface area contributed by atoms with Crippen molar-refractivity contribution in [2.24, 2.45) is 0 Å². The summed E-state index contributed by atoms with van der Waals surface area (Å²) in [6.45, 7) is 5.64. The number of hydrogen-bond acceptors (Lipinski definition) is 5. The van der Waals surface area contributed by atoms with E-state index in [4.69, 9.17) is 4.74 Å². The fourth-order valence-electron chi connectivity index (χ4n) is 1.92. The number of carbonyl (C=O) groups excluding carboxylic acids is 1. The molecule has 0 spiro atoms. The molecule has 0 saturated heterocycles. The van der Waals surface area contributed by atoms with Crippen LogP contribution in [0.5, 0.6) is 0 Å². The number of ether oxygens (including phenoxy) is 1. The zero-order chi connectivity index (χ0) is 15.4. The van der Waals surface area contributed by atoms with Gasteiger partial charge in [-0.15, -0.1) is 0 Å². The van der Waals surface area contributed by atoms with Crippen LogP contribution in [0.25, 0.3) is 5.69 Å². The quantitative estimate of drug-likeness (QED) is 0.800. The first-order valence-electron chi connectivity index (χ1n) is 6.78. The summed E-state index contributed by atoms with van der Waals surface area (Å²) >= 11 is 0. The van der Waals surface area contributed by atoms with Crippen molar-refractivity contribution >= 4 is 5.97 Å². The normalized spacial score (nSPS) is 10.4. The van der Waals surface area contributed by atoms with Gasteiger partial charge in [0.15, 0.2) is 0 Å². The molecule has 0 atom stereocenters. The molecule has 0 aromatic carbocycles. The van der Waals surface area contributed by atoms with Crippen LogP contribution in [-0.2, 0) is 11.2 Å². The van der Waals surface area contributed by atoms with E-state index in [1.165, 1.54) is 4.68 Å². The minimum absolute atomic E-state index is 0.197. The largest absolute Gasteiger partial charge is 0.461 e. The minimum Gasteiger partial charge on any atom is -0.461 e. The van der Waals surface area contributed by atoms with E-state index in [2.05, 4.69) is 10.1 Å². The van der Waals surface area contributed by atoms with Gasteiger partial charge in [-0.25, -0.2) is 9.48 Å². The van der Waals surface area contributed by atoms with Crippen molar-refractivity contribution in [3.05, 3.63) is 51.7 Å². The van der Waals surface area contributed by atoms with Crippen molar-refractivity contribution in [3.8, 4) is 5.69 Å². The first kappa shape index (κ1) is 14.9. The van der Waals surface area contributed by atoms with Gasteiger partial charge in [-0.05, 0) is 31.9 Å². The lowest BCUT2D eigenvalue weighted by molar-refractivity contribution is 0.0515. The molecule has 110 valence electrons. The Morgan fingerprint density at radius 1 is 1.33 bits per heavy atom. The third kappa shape index (κ3) is 3.16. The molecular weight excluding hydrogens is 270 g/mol. The third-order valence-corrected chi connectivity index (χ3v) is 2.97. The standard InChI is InChI=1S/C15H17N3O3/c1-4-11-9-18(12-6-10(3)7-16-8-12)17-13(14(11)19)15(20)21-5-2/h6-9H,4-5H2,1-3H3. The third-order valence-electron chi connectivity index (χ3n) is 2.97. The Bertz CT molecular complexity index is 722. The van der Waals surface area contributed by atoms with Gasteiger partial charge >= 0.3 is 5.97 Å².